The lowest BCUT2D eigenvalue weighted by atomic mass is 9.75. The van der Waals surface area contributed by atoms with Crippen LogP contribution < -0.4 is 0 Å². The van der Waals surface area contributed by atoms with Gasteiger partial charge in [0.05, 0.1) is 24.7 Å². The minimum atomic E-state index is -0.107. The van der Waals surface area contributed by atoms with E-state index in [0.29, 0.717) is 5.56 Å². The molecule has 0 aliphatic heterocycles. The standard InChI is InChI=1S/C15H17NO2/c1-18-15(17)14-5-3-2-4-13(14)12-8-6-11(10-16)7-9-12/h6-9,13-14H,2-5H2,1H3. The monoisotopic (exact) mass is 243 g/mol. The van der Waals surface area contributed by atoms with Crippen molar-refractivity contribution in [3.05, 3.63) is 35.4 Å². The molecule has 0 N–H and O–H groups in total. The smallest absolute Gasteiger partial charge is 0.309 e. The molecule has 0 aromatic heterocycles. The van der Waals surface area contributed by atoms with Crippen LogP contribution in [0.1, 0.15) is 42.7 Å². The van der Waals surface area contributed by atoms with Gasteiger partial charge in [-0.25, -0.2) is 0 Å². The van der Waals surface area contributed by atoms with Gasteiger partial charge in [0.1, 0.15) is 0 Å². The van der Waals surface area contributed by atoms with E-state index in [9.17, 15) is 4.79 Å². The molecule has 1 fully saturated rings. The molecule has 0 spiro atoms. The lowest BCUT2D eigenvalue weighted by Gasteiger charge is -2.29. The Balaban J connectivity index is 2.22. The van der Waals surface area contributed by atoms with Crippen LogP contribution in [0.2, 0.25) is 0 Å². The molecule has 0 bridgehead atoms. The molecule has 2 atom stereocenters. The van der Waals surface area contributed by atoms with E-state index in [1.165, 1.54) is 7.11 Å². The molecule has 2 unspecified atom stereocenters. The number of hydrogen-bond donors (Lipinski definition) is 0. The number of rotatable bonds is 2. The van der Waals surface area contributed by atoms with Crippen molar-refractivity contribution in [2.75, 3.05) is 7.11 Å². The molecule has 1 aromatic carbocycles. The number of carbonyl (C=O) groups is 1. The molecule has 18 heavy (non-hydrogen) atoms. The first kappa shape index (κ1) is 12.6. The zero-order chi connectivity index (χ0) is 13.0. The number of esters is 1. The number of ether oxygens (including phenoxy) is 1. The highest BCUT2D eigenvalue weighted by molar-refractivity contribution is 5.73. The molecule has 94 valence electrons. The van der Waals surface area contributed by atoms with Gasteiger partial charge in [0, 0.05) is 0 Å². The van der Waals surface area contributed by atoms with Crippen molar-refractivity contribution >= 4 is 5.97 Å². The van der Waals surface area contributed by atoms with E-state index < -0.39 is 0 Å². The Bertz CT molecular complexity index is 458. The Morgan fingerprint density at radius 2 is 1.94 bits per heavy atom. The SMILES string of the molecule is COC(=O)C1CCCCC1c1ccc(C#N)cc1. The number of methoxy groups -OCH3 is 1. The third-order valence-electron chi connectivity index (χ3n) is 3.74. The van der Waals surface area contributed by atoms with E-state index in [4.69, 9.17) is 10.00 Å². The molecule has 0 saturated heterocycles. The van der Waals surface area contributed by atoms with Crippen LogP contribution in [0.15, 0.2) is 24.3 Å². The lowest BCUT2D eigenvalue weighted by molar-refractivity contribution is -0.147. The van der Waals surface area contributed by atoms with Gasteiger partial charge < -0.3 is 4.74 Å². The van der Waals surface area contributed by atoms with Gasteiger partial charge in [-0.2, -0.15) is 5.26 Å². The van der Waals surface area contributed by atoms with Crippen molar-refractivity contribution < 1.29 is 9.53 Å². The van der Waals surface area contributed by atoms with Crippen LogP contribution in [0, 0.1) is 17.2 Å². The summed E-state index contributed by atoms with van der Waals surface area (Å²) < 4.78 is 4.90. The number of benzene rings is 1. The summed E-state index contributed by atoms with van der Waals surface area (Å²) in [6.45, 7) is 0. The van der Waals surface area contributed by atoms with Gasteiger partial charge in [-0.05, 0) is 36.5 Å². The average molecular weight is 243 g/mol. The maximum Gasteiger partial charge on any atom is 0.309 e. The fourth-order valence-electron chi connectivity index (χ4n) is 2.77. The van der Waals surface area contributed by atoms with Crippen LogP contribution in [-0.4, -0.2) is 13.1 Å². The molecular formula is C15H17NO2. The van der Waals surface area contributed by atoms with Crippen LogP contribution >= 0.6 is 0 Å². The number of carbonyl (C=O) groups excluding carboxylic acids is 1. The second-order valence-electron chi connectivity index (χ2n) is 4.75. The van der Waals surface area contributed by atoms with E-state index in [0.717, 1.165) is 31.2 Å². The molecule has 3 heteroatoms. The first-order valence-electron chi connectivity index (χ1n) is 6.34. The van der Waals surface area contributed by atoms with Crippen molar-refractivity contribution in [2.45, 2.75) is 31.6 Å². The molecule has 1 aromatic rings. The summed E-state index contributed by atoms with van der Waals surface area (Å²) in [6, 6.07) is 9.67. The zero-order valence-corrected chi connectivity index (χ0v) is 10.6. The van der Waals surface area contributed by atoms with Gasteiger partial charge in [0.15, 0.2) is 0 Å². The summed E-state index contributed by atoms with van der Waals surface area (Å²) in [6.07, 6.45) is 4.16. The van der Waals surface area contributed by atoms with E-state index in [2.05, 4.69) is 6.07 Å². The maximum absolute atomic E-state index is 11.8. The van der Waals surface area contributed by atoms with E-state index in [1.807, 2.05) is 24.3 Å². The summed E-state index contributed by atoms with van der Waals surface area (Å²) in [7, 11) is 1.45. The van der Waals surface area contributed by atoms with Gasteiger partial charge in [-0.1, -0.05) is 25.0 Å². The summed E-state index contributed by atoms with van der Waals surface area (Å²) in [4.78, 5) is 11.8. The summed E-state index contributed by atoms with van der Waals surface area (Å²) in [5.41, 5.74) is 1.80. The van der Waals surface area contributed by atoms with Gasteiger partial charge in [0.2, 0.25) is 0 Å². The molecule has 2 rings (SSSR count). The molecule has 1 saturated carbocycles. The second kappa shape index (κ2) is 5.68. The zero-order valence-electron chi connectivity index (χ0n) is 10.6. The van der Waals surface area contributed by atoms with E-state index >= 15 is 0 Å². The Hall–Kier alpha value is -1.82. The average Bonchev–Trinajstić information content (AvgIpc) is 2.46. The fourth-order valence-corrected chi connectivity index (χ4v) is 2.77. The van der Waals surface area contributed by atoms with E-state index in [-0.39, 0.29) is 17.8 Å². The normalized spacial score (nSPS) is 23.1. The molecule has 1 aliphatic rings. The topological polar surface area (TPSA) is 50.1 Å². The van der Waals surface area contributed by atoms with Crippen molar-refractivity contribution in [2.24, 2.45) is 5.92 Å². The third kappa shape index (κ3) is 2.53. The summed E-state index contributed by atoms with van der Waals surface area (Å²) in [5.74, 6) is 0.0969. The Morgan fingerprint density at radius 3 is 2.56 bits per heavy atom. The highest BCUT2D eigenvalue weighted by Crippen LogP contribution is 2.38. The van der Waals surface area contributed by atoms with Crippen molar-refractivity contribution in [3.63, 3.8) is 0 Å². The number of nitriles is 1. The Kier molecular flexibility index (Phi) is 3.99. The molecule has 0 radical (unpaired) electrons. The van der Waals surface area contributed by atoms with Gasteiger partial charge >= 0.3 is 5.97 Å². The predicted molar refractivity (Wildman–Crippen MR) is 67.9 cm³/mol. The predicted octanol–water partition coefficient (Wildman–Crippen LogP) is 3.01. The highest BCUT2D eigenvalue weighted by atomic mass is 16.5. The first-order chi connectivity index (χ1) is 8.76. The fraction of sp³-hybridized carbons (Fsp3) is 0.467. The first-order valence-corrected chi connectivity index (χ1v) is 6.34. The molecular weight excluding hydrogens is 226 g/mol. The summed E-state index contributed by atoms with van der Waals surface area (Å²) >= 11 is 0. The van der Waals surface area contributed by atoms with E-state index in [1.54, 1.807) is 0 Å². The molecule has 0 heterocycles. The van der Waals surface area contributed by atoms with Crippen molar-refractivity contribution in [1.82, 2.24) is 0 Å². The highest BCUT2D eigenvalue weighted by Gasteiger charge is 2.32. The lowest BCUT2D eigenvalue weighted by Crippen LogP contribution is -2.26. The Labute approximate surface area is 107 Å². The summed E-state index contributed by atoms with van der Waals surface area (Å²) in [5, 5.41) is 8.79. The minimum absolute atomic E-state index is 0.0308. The number of nitrogens with zero attached hydrogens (tertiary/aromatic N) is 1. The van der Waals surface area contributed by atoms with Gasteiger partial charge in [0.25, 0.3) is 0 Å². The van der Waals surface area contributed by atoms with Gasteiger partial charge in [-0.3, -0.25) is 4.79 Å². The van der Waals surface area contributed by atoms with Crippen LogP contribution in [0.3, 0.4) is 0 Å². The largest absolute Gasteiger partial charge is 0.469 e. The maximum atomic E-state index is 11.8. The molecule has 1 aliphatic carbocycles. The molecule has 0 amide bonds. The third-order valence-corrected chi connectivity index (χ3v) is 3.74. The van der Waals surface area contributed by atoms with Crippen LogP contribution in [-0.2, 0) is 9.53 Å². The molecule has 3 nitrogen and oxygen atoms in total. The van der Waals surface area contributed by atoms with Crippen LogP contribution in [0.5, 0.6) is 0 Å². The second-order valence-corrected chi connectivity index (χ2v) is 4.75. The van der Waals surface area contributed by atoms with Crippen molar-refractivity contribution in [3.8, 4) is 6.07 Å². The van der Waals surface area contributed by atoms with Crippen LogP contribution in [0.25, 0.3) is 0 Å². The Morgan fingerprint density at radius 1 is 1.28 bits per heavy atom. The van der Waals surface area contributed by atoms with Crippen molar-refractivity contribution in [1.29, 1.82) is 5.26 Å². The van der Waals surface area contributed by atoms with Crippen LogP contribution in [0.4, 0.5) is 0 Å². The quantitative estimate of drug-likeness (QED) is 0.750. The minimum Gasteiger partial charge on any atom is -0.469 e. The van der Waals surface area contributed by atoms with Gasteiger partial charge in [-0.15, -0.1) is 0 Å². The number of hydrogen-bond acceptors (Lipinski definition) is 3.